The van der Waals surface area contributed by atoms with E-state index in [1.807, 2.05) is 12.1 Å². The Bertz CT molecular complexity index is 989. The van der Waals surface area contributed by atoms with Crippen molar-refractivity contribution in [2.45, 2.75) is 0 Å². The van der Waals surface area contributed by atoms with Gasteiger partial charge in [-0.3, -0.25) is 15.5 Å². The number of phenols is 1. The highest BCUT2D eigenvalue weighted by molar-refractivity contribution is 7.22. The number of halogens is 1. The molecule has 0 spiro atoms. The maximum absolute atomic E-state index is 10.9. The standard InChI is InChI=1S/C15H11ClN4O4S/c1-24-10-2-3-11-13(6-10)25-15(18-11)19-17-7-8-4-9(16)5-12(14(8)21)20(22)23/h2-7,21H,1H3,(H,18,19)/b17-7+. The van der Waals surface area contributed by atoms with Crippen molar-refractivity contribution in [2.24, 2.45) is 5.10 Å². The summed E-state index contributed by atoms with van der Waals surface area (Å²) in [5, 5.41) is 25.4. The average molecular weight is 379 g/mol. The van der Waals surface area contributed by atoms with Crippen molar-refractivity contribution < 1.29 is 14.8 Å². The lowest BCUT2D eigenvalue weighted by atomic mass is 10.2. The van der Waals surface area contributed by atoms with Gasteiger partial charge in [0.2, 0.25) is 10.9 Å². The summed E-state index contributed by atoms with van der Waals surface area (Å²) in [5.74, 6) is 0.219. The van der Waals surface area contributed by atoms with Crippen LogP contribution >= 0.6 is 22.9 Å². The van der Waals surface area contributed by atoms with Crippen molar-refractivity contribution in [3.63, 3.8) is 0 Å². The van der Waals surface area contributed by atoms with E-state index in [2.05, 4.69) is 15.5 Å². The normalized spacial score (nSPS) is 11.1. The number of hydrogen-bond donors (Lipinski definition) is 2. The molecule has 0 aliphatic heterocycles. The van der Waals surface area contributed by atoms with E-state index in [1.54, 1.807) is 13.2 Å². The number of ether oxygens (including phenoxy) is 1. The molecule has 0 amide bonds. The molecule has 8 nitrogen and oxygen atoms in total. The molecular formula is C15H11ClN4O4S. The maximum atomic E-state index is 10.9. The van der Waals surface area contributed by atoms with E-state index in [0.29, 0.717) is 5.13 Å². The van der Waals surface area contributed by atoms with E-state index in [1.165, 1.54) is 23.6 Å². The lowest BCUT2D eigenvalue weighted by Crippen LogP contribution is -1.94. The van der Waals surface area contributed by atoms with Gasteiger partial charge in [-0.1, -0.05) is 22.9 Å². The zero-order chi connectivity index (χ0) is 18.0. The van der Waals surface area contributed by atoms with Crippen LogP contribution in [0.3, 0.4) is 0 Å². The predicted molar refractivity (Wildman–Crippen MR) is 97.2 cm³/mol. The van der Waals surface area contributed by atoms with E-state index in [4.69, 9.17) is 16.3 Å². The fourth-order valence-corrected chi connectivity index (χ4v) is 3.14. The summed E-state index contributed by atoms with van der Waals surface area (Å²) in [6.07, 6.45) is 1.24. The minimum absolute atomic E-state index is 0.120. The highest BCUT2D eigenvalue weighted by atomic mass is 35.5. The second-order valence-corrected chi connectivity index (χ2v) is 6.31. The number of fused-ring (bicyclic) bond motifs is 1. The third-order valence-electron chi connectivity index (χ3n) is 3.24. The van der Waals surface area contributed by atoms with Crippen molar-refractivity contribution in [3.8, 4) is 11.5 Å². The monoisotopic (exact) mass is 378 g/mol. The molecule has 0 bridgehead atoms. The Kier molecular flexibility index (Phi) is 4.68. The highest BCUT2D eigenvalue weighted by Crippen LogP contribution is 2.32. The smallest absolute Gasteiger partial charge is 0.312 e. The molecule has 10 heteroatoms. The van der Waals surface area contributed by atoms with Crippen molar-refractivity contribution in [1.29, 1.82) is 0 Å². The highest BCUT2D eigenvalue weighted by Gasteiger charge is 2.17. The van der Waals surface area contributed by atoms with Crippen LogP contribution in [-0.2, 0) is 0 Å². The summed E-state index contributed by atoms with van der Waals surface area (Å²) in [7, 11) is 1.59. The number of nitrogens with zero attached hydrogens (tertiary/aromatic N) is 3. The summed E-state index contributed by atoms with van der Waals surface area (Å²) in [6, 6.07) is 7.93. The Labute approximate surface area is 150 Å². The number of methoxy groups -OCH3 is 1. The third-order valence-corrected chi connectivity index (χ3v) is 4.38. The van der Waals surface area contributed by atoms with Crippen LogP contribution in [0.15, 0.2) is 35.4 Å². The molecule has 0 saturated heterocycles. The van der Waals surface area contributed by atoms with Crippen LogP contribution in [0.2, 0.25) is 5.02 Å². The Morgan fingerprint density at radius 3 is 2.96 bits per heavy atom. The first-order valence-electron chi connectivity index (χ1n) is 6.88. The van der Waals surface area contributed by atoms with E-state index in [-0.39, 0.29) is 10.6 Å². The zero-order valence-corrected chi connectivity index (χ0v) is 14.3. The van der Waals surface area contributed by atoms with Gasteiger partial charge in [0.05, 0.1) is 28.5 Å². The lowest BCUT2D eigenvalue weighted by molar-refractivity contribution is -0.385. The van der Waals surface area contributed by atoms with Gasteiger partial charge in [-0.05, 0) is 24.3 Å². The van der Waals surface area contributed by atoms with Crippen molar-refractivity contribution in [1.82, 2.24) is 4.98 Å². The fraction of sp³-hybridized carbons (Fsp3) is 0.0667. The van der Waals surface area contributed by atoms with E-state index in [0.717, 1.165) is 22.0 Å². The minimum Gasteiger partial charge on any atom is -0.502 e. The molecule has 1 heterocycles. The molecule has 3 aromatic rings. The van der Waals surface area contributed by atoms with Gasteiger partial charge in [0, 0.05) is 16.7 Å². The van der Waals surface area contributed by atoms with Gasteiger partial charge in [0.15, 0.2) is 0 Å². The molecule has 2 aromatic carbocycles. The minimum atomic E-state index is -0.715. The van der Waals surface area contributed by atoms with Gasteiger partial charge in [-0.15, -0.1) is 0 Å². The fourth-order valence-electron chi connectivity index (χ4n) is 2.08. The van der Waals surface area contributed by atoms with E-state index >= 15 is 0 Å². The van der Waals surface area contributed by atoms with Crippen molar-refractivity contribution in [2.75, 3.05) is 12.5 Å². The Morgan fingerprint density at radius 1 is 1.44 bits per heavy atom. The molecular weight excluding hydrogens is 368 g/mol. The number of hydrazone groups is 1. The van der Waals surface area contributed by atoms with Crippen LogP contribution in [0, 0.1) is 10.1 Å². The van der Waals surface area contributed by atoms with Crippen molar-refractivity contribution in [3.05, 3.63) is 51.0 Å². The van der Waals surface area contributed by atoms with E-state index in [9.17, 15) is 15.2 Å². The summed E-state index contributed by atoms with van der Waals surface area (Å²) in [5.41, 5.74) is 3.14. The second-order valence-electron chi connectivity index (χ2n) is 4.84. The van der Waals surface area contributed by atoms with Crippen LogP contribution < -0.4 is 10.2 Å². The summed E-state index contributed by atoms with van der Waals surface area (Å²) in [4.78, 5) is 14.5. The quantitative estimate of drug-likeness (QED) is 0.394. The van der Waals surface area contributed by atoms with Crippen molar-refractivity contribution >= 4 is 50.2 Å². The lowest BCUT2D eigenvalue weighted by Gasteiger charge is -2.01. The maximum Gasteiger partial charge on any atom is 0.312 e. The number of benzene rings is 2. The molecule has 0 unspecified atom stereocenters. The molecule has 0 aliphatic carbocycles. The first kappa shape index (κ1) is 16.9. The number of anilines is 1. The molecule has 0 atom stereocenters. The van der Waals surface area contributed by atoms with Gasteiger partial charge >= 0.3 is 5.69 Å². The number of phenolic OH excluding ortho intramolecular Hbond substituents is 1. The number of aromatic hydroxyl groups is 1. The number of rotatable bonds is 5. The van der Waals surface area contributed by atoms with Gasteiger partial charge in [-0.2, -0.15) is 5.10 Å². The molecule has 2 N–H and O–H groups in total. The van der Waals surface area contributed by atoms with Crippen LogP contribution in [0.4, 0.5) is 10.8 Å². The first-order valence-corrected chi connectivity index (χ1v) is 8.08. The molecule has 1 aromatic heterocycles. The Hall–Kier alpha value is -2.91. The van der Waals surface area contributed by atoms with Crippen LogP contribution in [0.5, 0.6) is 11.5 Å². The summed E-state index contributed by atoms with van der Waals surface area (Å²) >= 11 is 7.19. The Balaban J connectivity index is 1.83. The summed E-state index contributed by atoms with van der Waals surface area (Å²) in [6.45, 7) is 0. The van der Waals surface area contributed by atoms with Gasteiger partial charge in [-0.25, -0.2) is 4.98 Å². The number of nitro groups is 1. The molecule has 128 valence electrons. The predicted octanol–water partition coefficient (Wildman–Crippen LogP) is 4.02. The third kappa shape index (κ3) is 3.62. The summed E-state index contributed by atoms with van der Waals surface area (Å²) < 4.78 is 6.07. The second kappa shape index (κ2) is 6.91. The van der Waals surface area contributed by atoms with Gasteiger partial charge < -0.3 is 9.84 Å². The molecule has 0 saturated carbocycles. The van der Waals surface area contributed by atoms with Gasteiger partial charge in [0.1, 0.15) is 5.75 Å². The number of thiazole rings is 1. The van der Waals surface area contributed by atoms with Crippen LogP contribution in [0.1, 0.15) is 5.56 Å². The number of nitro benzene ring substituents is 1. The Morgan fingerprint density at radius 2 is 2.24 bits per heavy atom. The SMILES string of the molecule is COc1ccc2nc(N/N=C/c3cc(Cl)cc([N+](=O)[O-])c3O)sc2c1. The number of nitrogens with one attached hydrogen (secondary N) is 1. The molecule has 25 heavy (non-hydrogen) atoms. The molecule has 0 aliphatic rings. The van der Waals surface area contributed by atoms with Crippen LogP contribution in [0.25, 0.3) is 10.2 Å². The first-order chi connectivity index (χ1) is 12.0. The molecule has 3 rings (SSSR count). The van der Waals surface area contributed by atoms with Crippen LogP contribution in [-0.4, -0.2) is 28.3 Å². The molecule has 0 radical (unpaired) electrons. The number of hydrogen-bond acceptors (Lipinski definition) is 8. The molecule has 0 fully saturated rings. The van der Waals surface area contributed by atoms with Gasteiger partial charge in [0.25, 0.3) is 0 Å². The largest absolute Gasteiger partial charge is 0.502 e. The zero-order valence-electron chi connectivity index (χ0n) is 12.8. The topological polar surface area (TPSA) is 110 Å². The number of aromatic nitrogens is 1. The van der Waals surface area contributed by atoms with E-state index < -0.39 is 16.4 Å². The average Bonchev–Trinajstić information content (AvgIpc) is 2.98.